The Morgan fingerprint density at radius 3 is 2.07 bits per heavy atom. The van der Waals surface area contributed by atoms with Gasteiger partial charge in [-0.1, -0.05) is 67.8 Å². The Morgan fingerprint density at radius 1 is 0.821 bits per heavy atom. The molecular weight excluding hydrogens is 342 g/mol. The van der Waals surface area contributed by atoms with Crippen LogP contribution in [0.5, 0.6) is 0 Å². The van der Waals surface area contributed by atoms with Crippen LogP contribution in [0.25, 0.3) is 11.1 Å². The van der Waals surface area contributed by atoms with Crippen LogP contribution in [0.3, 0.4) is 0 Å². The summed E-state index contributed by atoms with van der Waals surface area (Å²) in [6.07, 6.45) is 10.9. The van der Waals surface area contributed by atoms with Crippen LogP contribution in [0.15, 0.2) is 48.5 Å². The first-order valence-corrected chi connectivity index (χ1v) is 11.2. The summed E-state index contributed by atoms with van der Waals surface area (Å²) in [5, 5.41) is 0. The van der Waals surface area contributed by atoms with Gasteiger partial charge in [0.25, 0.3) is 0 Å². The van der Waals surface area contributed by atoms with Crippen molar-refractivity contribution in [1.29, 1.82) is 0 Å². The lowest BCUT2D eigenvalue weighted by Crippen LogP contribution is -2.42. The zero-order valence-corrected chi connectivity index (χ0v) is 17.2. The smallest absolute Gasteiger partial charge is 0.227 e. The van der Waals surface area contributed by atoms with E-state index in [4.69, 9.17) is 0 Å². The number of hydrogen-bond acceptors (Lipinski definition) is 1. The monoisotopic (exact) mass is 375 g/mol. The second-order valence-electron chi connectivity index (χ2n) is 8.76. The van der Waals surface area contributed by atoms with E-state index < -0.39 is 0 Å². The average molecular weight is 376 g/mol. The second kappa shape index (κ2) is 8.94. The normalized spacial score (nSPS) is 20.9. The molecule has 0 unspecified atom stereocenters. The van der Waals surface area contributed by atoms with Crippen molar-refractivity contribution in [1.82, 2.24) is 4.90 Å². The Labute approximate surface area is 170 Å². The molecule has 1 amide bonds. The first kappa shape index (κ1) is 19.2. The predicted molar refractivity (Wildman–Crippen MR) is 116 cm³/mol. The minimum Gasteiger partial charge on any atom is -0.340 e. The maximum atomic E-state index is 12.6. The number of piperidine rings is 1. The standard InChI is InChI=1S/C26H33NO/c1-20-7-5-6-18-27(20)26(28)19-21-10-12-23(13-11-21)25-16-14-24(15-17-25)22-8-3-2-4-9-22/h10-17,20,22H,2-9,18-19H2,1H3/t20-/m0/s1. The Morgan fingerprint density at radius 2 is 1.43 bits per heavy atom. The van der Waals surface area contributed by atoms with Gasteiger partial charge in [0.2, 0.25) is 5.91 Å². The van der Waals surface area contributed by atoms with Gasteiger partial charge in [-0.25, -0.2) is 0 Å². The third kappa shape index (κ3) is 4.48. The van der Waals surface area contributed by atoms with Crippen molar-refractivity contribution in [3.8, 4) is 11.1 Å². The number of nitrogens with zero attached hydrogens (tertiary/aromatic N) is 1. The number of amides is 1. The summed E-state index contributed by atoms with van der Waals surface area (Å²) in [4.78, 5) is 14.7. The highest BCUT2D eigenvalue weighted by Gasteiger charge is 2.23. The van der Waals surface area contributed by atoms with E-state index in [0.717, 1.165) is 30.9 Å². The number of carbonyl (C=O) groups is 1. The van der Waals surface area contributed by atoms with Gasteiger partial charge in [-0.3, -0.25) is 4.79 Å². The van der Waals surface area contributed by atoms with Gasteiger partial charge < -0.3 is 4.90 Å². The molecule has 28 heavy (non-hydrogen) atoms. The topological polar surface area (TPSA) is 20.3 Å². The van der Waals surface area contributed by atoms with Crippen LogP contribution in [0.4, 0.5) is 0 Å². The number of benzene rings is 2. The van der Waals surface area contributed by atoms with E-state index in [1.807, 2.05) is 0 Å². The lowest BCUT2D eigenvalue weighted by molar-refractivity contribution is -0.133. The van der Waals surface area contributed by atoms with E-state index in [9.17, 15) is 4.79 Å². The number of hydrogen-bond donors (Lipinski definition) is 0. The molecule has 2 aromatic rings. The molecule has 0 radical (unpaired) electrons. The molecule has 1 saturated carbocycles. The van der Waals surface area contributed by atoms with E-state index in [0.29, 0.717) is 12.5 Å². The summed E-state index contributed by atoms with van der Waals surface area (Å²) in [6, 6.07) is 18.1. The van der Waals surface area contributed by atoms with Crippen LogP contribution in [0, 0.1) is 0 Å². The van der Waals surface area contributed by atoms with Crippen molar-refractivity contribution < 1.29 is 4.79 Å². The van der Waals surface area contributed by atoms with Crippen LogP contribution in [-0.2, 0) is 11.2 Å². The van der Waals surface area contributed by atoms with E-state index in [-0.39, 0.29) is 5.91 Å². The minimum absolute atomic E-state index is 0.275. The number of likely N-dealkylation sites (tertiary alicyclic amines) is 1. The van der Waals surface area contributed by atoms with Crippen LogP contribution in [-0.4, -0.2) is 23.4 Å². The van der Waals surface area contributed by atoms with Gasteiger partial charge in [0, 0.05) is 12.6 Å². The first-order valence-electron chi connectivity index (χ1n) is 11.2. The average Bonchev–Trinajstić information content (AvgIpc) is 2.75. The summed E-state index contributed by atoms with van der Waals surface area (Å²) < 4.78 is 0. The summed E-state index contributed by atoms with van der Waals surface area (Å²) in [5.41, 5.74) is 5.12. The molecule has 2 fully saturated rings. The Kier molecular flexibility index (Phi) is 6.14. The van der Waals surface area contributed by atoms with E-state index >= 15 is 0 Å². The molecule has 2 nitrogen and oxygen atoms in total. The highest BCUT2D eigenvalue weighted by atomic mass is 16.2. The van der Waals surface area contributed by atoms with Crippen molar-refractivity contribution in [3.63, 3.8) is 0 Å². The third-order valence-corrected chi connectivity index (χ3v) is 6.75. The van der Waals surface area contributed by atoms with Crippen LogP contribution in [0.1, 0.15) is 75.3 Å². The van der Waals surface area contributed by atoms with Gasteiger partial charge in [-0.05, 0) is 67.2 Å². The van der Waals surface area contributed by atoms with E-state index in [1.165, 1.54) is 55.2 Å². The van der Waals surface area contributed by atoms with Gasteiger partial charge >= 0.3 is 0 Å². The first-order chi connectivity index (χ1) is 13.7. The van der Waals surface area contributed by atoms with Crippen LogP contribution >= 0.6 is 0 Å². The largest absolute Gasteiger partial charge is 0.340 e. The van der Waals surface area contributed by atoms with Gasteiger partial charge in [0.1, 0.15) is 0 Å². The molecule has 0 bridgehead atoms. The van der Waals surface area contributed by atoms with Gasteiger partial charge in [0.15, 0.2) is 0 Å². The van der Waals surface area contributed by atoms with Gasteiger partial charge in [-0.2, -0.15) is 0 Å². The quantitative estimate of drug-likeness (QED) is 0.610. The molecule has 0 N–H and O–H groups in total. The van der Waals surface area contributed by atoms with Gasteiger partial charge in [-0.15, -0.1) is 0 Å². The minimum atomic E-state index is 0.275. The third-order valence-electron chi connectivity index (χ3n) is 6.75. The van der Waals surface area contributed by atoms with E-state index in [2.05, 4.69) is 60.4 Å². The van der Waals surface area contributed by atoms with Crippen molar-refractivity contribution in [2.45, 2.75) is 76.7 Å². The predicted octanol–water partition coefficient (Wildman–Crippen LogP) is 6.34. The van der Waals surface area contributed by atoms with Crippen molar-refractivity contribution >= 4 is 5.91 Å². The summed E-state index contributed by atoms with van der Waals surface area (Å²) in [7, 11) is 0. The molecule has 2 aliphatic rings. The highest BCUT2D eigenvalue weighted by Crippen LogP contribution is 2.33. The summed E-state index contributed by atoms with van der Waals surface area (Å²) in [5.74, 6) is 1.03. The Balaban J connectivity index is 1.39. The molecule has 2 heteroatoms. The summed E-state index contributed by atoms with van der Waals surface area (Å²) in [6.45, 7) is 3.10. The number of carbonyl (C=O) groups excluding carboxylic acids is 1. The van der Waals surface area contributed by atoms with E-state index in [1.54, 1.807) is 0 Å². The van der Waals surface area contributed by atoms with Crippen LogP contribution in [0.2, 0.25) is 0 Å². The molecule has 1 saturated heterocycles. The summed E-state index contributed by atoms with van der Waals surface area (Å²) >= 11 is 0. The molecular formula is C26H33NO. The van der Waals surface area contributed by atoms with Crippen molar-refractivity contribution in [3.05, 3.63) is 59.7 Å². The molecule has 4 rings (SSSR count). The number of rotatable bonds is 4. The fraction of sp³-hybridized carbons (Fsp3) is 0.500. The lowest BCUT2D eigenvalue weighted by Gasteiger charge is -2.33. The Bertz CT molecular complexity index is 771. The molecule has 0 spiro atoms. The molecule has 1 heterocycles. The molecule has 1 atom stereocenters. The molecule has 0 aromatic heterocycles. The van der Waals surface area contributed by atoms with Crippen molar-refractivity contribution in [2.75, 3.05) is 6.54 Å². The molecule has 1 aliphatic carbocycles. The maximum Gasteiger partial charge on any atom is 0.227 e. The maximum absolute atomic E-state index is 12.6. The molecule has 2 aromatic carbocycles. The fourth-order valence-corrected chi connectivity index (χ4v) is 4.94. The fourth-order valence-electron chi connectivity index (χ4n) is 4.94. The lowest BCUT2D eigenvalue weighted by atomic mass is 9.83. The van der Waals surface area contributed by atoms with Crippen LogP contribution < -0.4 is 0 Å². The molecule has 1 aliphatic heterocycles. The SMILES string of the molecule is C[C@H]1CCCCN1C(=O)Cc1ccc(-c2ccc(C3CCCCC3)cc2)cc1. The Hall–Kier alpha value is -2.09. The zero-order valence-electron chi connectivity index (χ0n) is 17.2. The molecule has 148 valence electrons. The second-order valence-corrected chi connectivity index (χ2v) is 8.76. The van der Waals surface area contributed by atoms with Gasteiger partial charge in [0.05, 0.1) is 6.42 Å². The zero-order chi connectivity index (χ0) is 19.3. The van der Waals surface area contributed by atoms with Crippen molar-refractivity contribution in [2.24, 2.45) is 0 Å². The highest BCUT2D eigenvalue weighted by molar-refractivity contribution is 5.79.